The van der Waals surface area contributed by atoms with Crippen LogP contribution in [0.3, 0.4) is 0 Å². The fraction of sp³-hybridized carbons (Fsp3) is 0.278. The first kappa shape index (κ1) is 16.6. The molecule has 0 saturated carbocycles. The zero-order valence-corrected chi connectivity index (χ0v) is 14.0. The molecule has 0 bridgehead atoms. The van der Waals surface area contributed by atoms with Crippen molar-refractivity contribution in [2.24, 2.45) is 0 Å². The van der Waals surface area contributed by atoms with Crippen LogP contribution < -0.4 is 4.74 Å². The van der Waals surface area contributed by atoms with Gasteiger partial charge in [-0.3, -0.25) is 4.79 Å². The van der Waals surface area contributed by atoms with Gasteiger partial charge in [0.15, 0.2) is 0 Å². The monoisotopic (exact) mass is 347 g/mol. The zero-order chi connectivity index (χ0) is 17.1. The van der Waals surface area contributed by atoms with Crippen LogP contribution >= 0.6 is 11.6 Å². The summed E-state index contributed by atoms with van der Waals surface area (Å²) in [6, 6.07) is 12.1. The van der Waals surface area contributed by atoms with Crippen molar-refractivity contribution in [3.8, 4) is 11.5 Å². The van der Waals surface area contributed by atoms with Crippen LogP contribution in [-0.2, 0) is 4.74 Å². The van der Waals surface area contributed by atoms with E-state index in [4.69, 9.17) is 21.1 Å². The molecule has 6 heteroatoms. The molecule has 0 aliphatic carbocycles. The molecule has 3 rings (SSSR count). The summed E-state index contributed by atoms with van der Waals surface area (Å²) in [6.07, 6.45) is -0.281. The number of phenolic OH excluding ortho intramolecular Hbond substituents is 1. The number of carbonyl (C=O) groups excluding carboxylic acids is 1. The number of hydrogen-bond donors (Lipinski definition) is 1. The summed E-state index contributed by atoms with van der Waals surface area (Å²) in [5, 5.41) is 10.7. The molecule has 2 aromatic rings. The minimum Gasteiger partial charge on any atom is -0.507 e. The number of hydrogen-bond acceptors (Lipinski definition) is 4. The Kier molecular flexibility index (Phi) is 4.92. The third kappa shape index (κ3) is 3.32. The number of nitrogens with zero attached hydrogens (tertiary/aromatic N) is 1. The van der Waals surface area contributed by atoms with Crippen LogP contribution in [0.5, 0.6) is 11.5 Å². The Morgan fingerprint density at radius 1 is 1.33 bits per heavy atom. The number of morpholine rings is 1. The van der Waals surface area contributed by atoms with Crippen LogP contribution in [0.25, 0.3) is 0 Å². The minimum atomic E-state index is -0.281. The summed E-state index contributed by atoms with van der Waals surface area (Å²) in [5.74, 6) is 0.163. The Morgan fingerprint density at radius 3 is 2.83 bits per heavy atom. The summed E-state index contributed by atoms with van der Waals surface area (Å²) >= 11 is 6.22. The second kappa shape index (κ2) is 7.11. The molecule has 2 aromatic carbocycles. The maximum absolute atomic E-state index is 12.7. The van der Waals surface area contributed by atoms with Crippen molar-refractivity contribution in [1.29, 1.82) is 0 Å². The Labute approximate surface area is 145 Å². The van der Waals surface area contributed by atoms with E-state index in [2.05, 4.69) is 0 Å². The number of ether oxygens (including phenoxy) is 2. The van der Waals surface area contributed by atoms with E-state index in [0.717, 1.165) is 5.56 Å². The lowest BCUT2D eigenvalue weighted by atomic mass is 10.1. The van der Waals surface area contributed by atoms with Gasteiger partial charge in [0.05, 0.1) is 25.8 Å². The van der Waals surface area contributed by atoms with E-state index in [-0.39, 0.29) is 23.3 Å². The first-order valence-corrected chi connectivity index (χ1v) is 8.00. The molecule has 0 aromatic heterocycles. The lowest BCUT2D eigenvalue weighted by molar-refractivity contribution is -0.0228. The van der Waals surface area contributed by atoms with Crippen LogP contribution in [0.15, 0.2) is 42.5 Å². The molecule has 1 atom stereocenters. The van der Waals surface area contributed by atoms with E-state index >= 15 is 0 Å². The molecule has 1 aliphatic heterocycles. The number of rotatable bonds is 3. The second-order valence-corrected chi connectivity index (χ2v) is 5.92. The maximum Gasteiger partial charge on any atom is 0.257 e. The lowest BCUT2D eigenvalue weighted by Crippen LogP contribution is -2.42. The first-order valence-electron chi connectivity index (χ1n) is 7.62. The summed E-state index contributed by atoms with van der Waals surface area (Å²) in [6.45, 7) is 1.26. The normalized spacial score (nSPS) is 17.6. The fourth-order valence-electron chi connectivity index (χ4n) is 2.75. The number of methoxy groups -OCH3 is 1. The van der Waals surface area contributed by atoms with Crippen LogP contribution in [0.1, 0.15) is 22.0 Å². The van der Waals surface area contributed by atoms with E-state index in [1.165, 1.54) is 13.2 Å². The van der Waals surface area contributed by atoms with Gasteiger partial charge in [-0.1, -0.05) is 29.8 Å². The molecule has 0 radical (unpaired) electrons. The van der Waals surface area contributed by atoms with E-state index in [9.17, 15) is 9.90 Å². The maximum atomic E-state index is 12.7. The standard InChI is InChI=1S/C18H18ClNO4/c1-23-12-6-7-14(16(21)10-12)18(22)20-8-9-24-17(11-20)13-4-2-3-5-15(13)19/h2-7,10,17,21H,8-9,11H2,1H3. The van der Waals surface area contributed by atoms with Crippen molar-refractivity contribution in [2.45, 2.75) is 6.10 Å². The van der Waals surface area contributed by atoms with Gasteiger partial charge in [0.25, 0.3) is 5.91 Å². The van der Waals surface area contributed by atoms with Crippen molar-refractivity contribution in [2.75, 3.05) is 26.8 Å². The predicted molar refractivity (Wildman–Crippen MR) is 90.7 cm³/mol. The van der Waals surface area contributed by atoms with Crippen LogP contribution in [0, 0.1) is 0 Å². The largest absolute Gasteiger partial charge is 0.507 e. The van der Waals surface area contributed by atoms with Crippen LogP contribution in [0.2, 0.25) is 5.02 Å². The SMILES string of the molecule is COc1ccc(C(=O)N2CCOC(c3ccccc3Cl)C2)c(O)c1. The molecule has 0 spiro atoms. The zero-order valence-electron chi connectivity index (χ0n) is 13.2. The lowest BCUT2D eigenvalue weighted by Gasteiger charge is -2.33. The average Bonchev–Trinajstić information content (AvgIpc) is 2.61. The van der Waals surface area contributed by atoms with Crippen LogP contribution in [-0.4, -0.2) is 42.7 Å². The van der Waals surface area contributed by atoms with Crippen molar-refractivity contribution >= 4 is 17.5 Å². The second-order valence-electron chi connectivity index (χ2n) is 5.52. The van der Waals surface area contributed by atoms with Gasteiger partial charge < -0.3 is 19.5 Å². The third-order valence-corrected chi connectivity index (χ3v) is 4.39. The molecule has 1 unspecified atom stereocenters. The van der Waals surface area contributed by atoms with Gasteiger partial charge in [0, 0.05) is 23.2 Å². The molecular weight excluding hydrogens is 330 g/mol. The van der Waals surface area contributed by atoms with Gasteiger partial charge in [-0.15, -0.1) is 0 Å². The predicted octanol–water partition coefficient (Wildman–Crippen LogP) is 3.27. The van der Waals surface area contributed by atoms with E-state index in [1.807, 2.05) is 18.2 Å². The van der Waals surface area contributed by atoms with Gasteiger partial charge in [0.2, 0.25) is 0 Å². The third-order valence-electron chi connectivity index (χ3n) is 4.04. The Hall–Kier alpha value is -2.24. The Bertz CT molecular complexity index is 750. The Balaban J connectivity index is 1.80. The Morgan fingerprint density at radius 2 is 2.12 bits per heavy atom. The molecule has 1 saturated heterocycles. The van der Waals surface area contributed by atoms with Gasteiger partial charge >= 0.3 is 0 Å². The highest BCUT2D eigenvalue weighted by molar-refractivity contribution is 6.31. The highest BCUT2D eigenvalue weighted by Gasteiger charge is 2.28. The van der Waals surface area contributed by atoms with Gasteiger partial charge in [0.1, 0.15) is 17.6 Å². The van der Waals surface area contributed by atoms with E-state index < -0.39 is 0 Å². The highest BCUT2D eigenvalue weighted by Crippen LogP contribution is 2.30. The summed E-state index contributed by atoms with van der Waals surface area (Å²) in [4.78, 5) is 14.4. The summed E-state index contributed by atoms with van der Waals surface area (Å²) < 4.78 is 10.8. The quantitative estimate of drug-likeness (QED) is 0.925. The van der Waals surface area contributed by atoms with Gasteiger partial charge in [-0.2, -0.15) is 0 Å². The van der Waals surface area contributed by atoms with Crippen molar-refractivity contribution in [3.05, 3.63) is 58.6 Å². The minimum absolute atomic E-state index is 0.0971. The van der Waals surface area contributed by atoms with Crippen molar-refractivity contribution < 1.29 is 19.4 Å². The fourth-order valence-corrected chi connectivity index (χ4v) is 3.01. The first-order chi connectivity index (χ1) is 11.6. The van der Waals surface area contributed by atoms with Gasteiger partial charge in [-0.05, 0) is 18.2 Å². The molecular formula is C18H18ClNO4. The smallest absolute Gasteiger partial charge is 0.257 e. The molecule has 1 N–H and O–H groups in total. The molecule has 1 amide bonds. The number of benzene rings is 2. The topological polar surface area (TPSA) is 59.0 Å². The number of phenols is 1. The number of amides is 1. The molecule has 1 aliphatic rings. The molecule has 1 heterocycles. The summed E-state index contributed by atoms with van der Waals surface area (Å²) in [5.41, 5.74) is 1.10. The molecule has 5 nitrogen and oxygen atoms in total. The number of carbonyl (C=O) groups is 1. The molecule has 1 fully saturated rings. The average molecular weight is 348 g/mol. The molecule has 126 valence electrons. The number of aromatic hydroxyl groups is 1. The van der Waals surface area contributed by atoms with Gasteiger partial charge in [-0.25, -0.2) is 0 Å². The van der Waals surface area contributed by atoms with Crippen molar-refractivity contribution in [3.63, 3.8) is 0 Å². The van der Waals surface area contributed by atoms with Crippen LogP contribution in [0.4, 0.5) is 0 Å². The molecule has 24 heavy (non-hydrogen) atoms. The van der Waals surface area contributed by atoms with E-state index in [1.54, 1.807) is 23.1 Å². The summed E-state index contributed by atoms with van der Waals surface area (Å²) in [7, 11) is 1.51. The number of halogens is 1. The van der Waals surface area contributed by atoms with E-state index in [0.29, 0.717) is 30.5 Å². The highest BCUT2D eigenvalue weighted by atomic mass is 35.5. The van der Waals surface area contributed by atoms with Crippen molar-refractivity contribution in [1.82, 2.24) is 4.90 Å².